The molecular weight excluding hydrogens is 144 g/mol. The predicted molar refractivity (Wildman–Crippen MR) is 44.1 cm³/mol. The van der Waals surface area contributed by atoms with E-state index in [2.05, 4.69) is 18.8 Å². The highest BCUT2D eigenvalue weighted by atomic mass is 32.1. The van der Waals surface area contributed by atoms with E-state index in [1.54, 1.807) is 11.3 Å². The van der Waals surface area contributed by atoms with Gasteiger partial charge in [0.2, 0.25) is 0 Å². The van der Waals surface area contributed by atoms with E-state index < -0.39 is 0 Å². The molecule has 0 fully saturated rings. The molecular formula is C7H12N2S. The molecule has 2 nitrogen and oxygen atoms in total. The first kappa shape index (κ1) is 7.69. The van der Waals surface area contributed by atoms with Gasteiger partial charge in [0.1, 0.15) is 0 Å². The molecule has 0 aliphatic heterocycles. The van der Waals surface area contributed by atoms with E-state index in [0.29, 0.717) is 12.5 Å². The zero-order chi connectivity index (χ0) is 7.56. The summed E-state index contributed by atoms with van der Waals surface area (Å²) in [6.07, 6.45) is 0. The van der Waals surface area contributed by atoms with E-state index in [0.717, 1.165) is 5.69 Å². The fraction of sp³-hybridized carbons (Fsp3) is 0.571. The Morgan fingerprint density at radius 3 is 2.80 bits per heavy atom. The zero-order valence-corrected chi connectivity index (χ0v) is 7.11. The van der Waals surface area contributed by atoms with Crippen molar-refractivity contribution in [2.24, 2.45) is 5.73 Å². The standard InChI is InChI=1S/C7H12N2S/c1-5(2)7-6(3-8)10-4-9-7/h4-5H,3,8H2,1-2H3. The molecule has 0 unspecified atom stereocenters. The van der Waals surface area contributed by atoms with Crippen molar-refractivity contribution in [3.63, 3.8) is 0 Å². The average Bonchev–Trinajstić information content (AvgIpc) is 2.33. The van der Waals surface area contributed by atoms with E-state index in [1.807, 2.05) is 5.51 Å². The Morgan fingerprint density at radius 2 is 2.40 bits per heavy atom. The average molecular weight is 156 g/mol. The van der Waals surface area contributed by atoms with Crippen molar-refractivity contribution in [3.05, 3.63) is 16.1 Å². The summed E-state index contributed by atoms with van der Waals surface area (Å²) in [5.41, 5.74) is 8.52. The van der Waals surface area contributed by atoms with Crippen LogP contribution in [-0.2, 0) is 6.54 Å². The summed E-state index contributed by atoms with van der Waals surface area (Å²) in [4.78, 5) is 5.44. The summed E-state index contributed by atoms with van der Waals surface area (Å²) in [6.45, 7) is 4.89. The minimum Gasteiger partial charge on any atom is -0.326 e. The summed E-state index contributed by atoms with van der Waals surface area (Å²) < 4.78 is 0. The number of hydrogen-bond acceptors (Lipinski definition) is 3. The van der Waals surface area contributed by atoms with Gasteiger partial charge in [-0.05, 0) is 5.92 Å². The lowest BCUT2D eigenvalue weighted by Crippen LogP contribution is -1.99. The van der Waals surface area contributed by atoms with E-state index in [1.165, 1.54) is 4.88 Å². The minimum atomic E-state index is 0.504. The first-order valence-electron chi connectivity index (χ1n) is 3.38. The van der Waals surface area contributed by atoms with E-state index in [4.69, 9.17) is 5.73 Å². The molecule has 3 heteroatoms. The van der Waals surface area contributed by atoms with Crippen molar-refractivity contribution in [1.82, 2.24) is 4.98 Å². The quantitative estimate of drug-likeness (QED) is 0.708. The van der Waals surface area contributed by atoms with Crippen LogP contribution in [0.3, 0.4) is 0 Å². The van der Waals surface area contributed by atoms with E-state index >= 15 is 0 Å². The van der Waals surface area contributed by atoms with Crippen LogP contribution >= 0.6 is 11.3 Å². The van der Waals surface area contributed by atoms with E-state index in [9.17, 15) is 0 Å². The molecule has 1 heterocycles. The topological polar surface area (TPSA) is 38.9 Å². The first-order valence-corrected chi connectivity index (χ1v) is 4.26. The molecule has 2 N–H and O–H groups in total. The van der Waals surface area contributed by atoms with Crippen LogP contribution in [0, 0.1) is 0 Å². The SMILES string of the molecule is CC(C)c1ncsc1CN. The summed E-state index contributed by atoms with van der Waals surface area (Å²) >= 11 is 1.64. The van der Waals surface area contributed by atoms with Crippen molar-refractivity contribution in [1.29, 1.82) is 0 Å². The van der Waals surface area contributed by atoms with Crippen LogP contribution in [0.2, 0.25) is 0 Å². The van der Waals surface area contributed by atoms with Gasteiger partial charge < -0.3 is 5.73 Å². The summed E-state index contributed by atoms with van der Waals surface area (Å²) in [7, 11) is 0. The van der Waals surface area contributed by atoms with Crippen LogP contribution in [0.1, 0.15) is 30.3 Å². The number of thiazole rings is 1. The van der Waals surface area contributed by atoms with Crippen LogP contribution in [0.4, 0.5) is 0 Å². The second-order valence-corrected chi connectivity index (χ2v) is 3.46. The lowest BCUT2D eigenvalue weighted by atomic mass is 10.1. The number of hydrogen-bond donors (Lipinski definition) is 1. The number of nitrogens with zero attached hydrogens (tertiary/aromatic N) is 1. The van der Waals surface area contributed by atoms with Gasteiger partial charge >= 0.3 is 0 Å². The largest absolute Gasteiger partial charge is 0.326 e. The lowest BCUT2D eigenvalue weighted by Gasteiger charge is -2.01. The van der Waals surface area contributed by atoms with Gasteiger partial charge in [-0.3, -0.25) is 0 Å². The predicted octanol–water partition coefficient (Wildman–Crippen LogP) is 1.73. The van der Waals surface area contributed by atoms with Gasteiger partial charge in [-0.2, -0.15) is 0 Å². The molecule has 10 heavy (non-hydrogen) atoms. The molecule has 0 amide bonds. The lowest BCUT2D eigenvalue weighted by molar-refractivity contribution is 0.813. The highest BCUT2D eigenvalue weighted by Gasteiger charge is 2.06. The molecule has 0 saturated carbocycles. The summed E-state index contributed by atoms with van der Waals surface area (Å²) in [6, 6.07) is 0. The van der Waals surface area contributed by atoms with Crippen molar-refractivity contribution in [3.8, 4) is 0 Å². The van der Waals surface area contributed by atoms with Crippen molar-refractivity contribution < 1.29 is 0 Å². The molecule has 0 radical (unpaired) electrons. The van der Waals surface area contributed by atoms with Gasteiger partial charge in [0, 0.05) is 11.4 Å². The molecule has 1 aromatic heterocycles. The van der Waals surface area contributed by atoms with Crippen LogP contribution in [0.15, 0.2) is 5.51 Å². The van der Waals surface area contributed by atoms with Gasteiger partial charge in [0.15, 0.2) is 0 Å². The van der Waals surface area contributed by atoms with Gasteiger partial charge in [0.05, 0.1) is 11.2 Å². The zero-order valence-electron chi connectivity index (χ0n) is 6.29. The summed E-state index contributed by atoms with van der Waals surface area (Å²) in [5.74, 6) is 0.504. The highest BCUT2D eigenvalue weighted by molar-refractivity contribution is 7.09. The van der Waals surface area contributed by atoms with Crippen LogP contribution in [0.25, 0.3) is 0 Å². The number of nitrogens with two attached hydrogens (primary N) is 1. The Morgan fingerprint density at radius 1 is 1.70 bits per heavy atom. The monoisotopic (exact) mass is 156 g/mol. The third-order valence-corrected chi connectivity index (χ3v) is 2.28. The Labute approximate surface area is 65.1 Å². The molecule has 0 aromatic carbocycles. The minimum absolute atomic E-state index is 0.504. The Hall–Kier alpha value is -0.410. The number of rotatable bonds is 2. The van der Waals surface area contributed by atoms with E-state index in [-0.39, 0.29) is 0 Å². The number of aromatic nitrogens is 1. The maximum atomic E-state index is 5.50. The Kier molecular flexibility index (Phi) is 2.40. The maximum Gasteiger partial charge on any atom is 0.0798 e. The molecule has 0 bridgehead atoms. The molecule has 0 saturated heterocycles. The fourth-order valence-electron chi connectivity index (χ4n) is 0.903. The Bertz CT molecular complexity index is 205. The van der Waals surface area contributed by atoms with Gasteiger partial charge in [-0.15, -0.1) is 11.3 Å². The van der Waals surface area contributed by atoms with Gasteiger partial charge in [0.25, 0.3) is 0 Å². The fourth-order valence-corrected chi connectivity index (χ4v) is 1.70. The maximum absolute atomic E-state index is 5.50. The molecule has 0 spiro atoms. The third kappa shape index (κ3) is 1.36. The van der Waals surface area contributed by atoms with Crippen LogP contribution in [-0.4, -0.2) is 4.98 Å². The first-order chi connectivity index (χ1) is 4.75. The second-order valence-electron chi connectivity index (χ2n) is 2.52. The van der Waals surface area contributed by atoms with Crippen molar-refractivity contribution >= 4 is 11.3 Å². The van der Waals surface area contributed by atoms with Crippen LogP contribution < -0.4 is 5.73 Å². The Balaban J connectivity index is 2.90. The molecule has 0 aliphatic carbocycles. The van der Waals surface area contributed by atoms with Crippen molar-refractivity contribution in [2.75, 3.05) is 0 Å². The normalized spacial score (nSPS) is 10.8. The smallest absolute Gasteiger partial charge is 0.0798 e. The van der Waals surface area contributed by atoms with Gasteiger partial charge in [-0.1, -0.05) is 13.8 Å². The molecule has 0 atom stereocenters. The third-order valence-electron chi connectivity index (χ3n) is 1.40. The van der Waals surface area contributed by atoms with Crippen LogP contribution in [0.5, 0.6) is 0 Å². The molecule has 0 aliphatic rings. The van der Waals surface area contributed by atoms with Crippen molar-refractivity contribution in [2.45, 2.75) is 26.3 Å². The highest BCUT2D eigenvalue weighted by Crippen LogP contribution is 2.20. The second kappa shape index (κ2) is 3.12. The molecule has 56 valence electrons. The molecule has 1 rings (SSSR count). The van der Waals surface area contributed by atoms with Gasteiger partial charge in [-0.25, -0.2) is 4.98 Å². The summed E-state index contributed by atoms with van der Waals surface area (Å²) in [5, 5.41) is 0. The molecule has 1 aromatic rings.